The highest BCUT2D eigenvalue weighted by Crippen LogP contribution is 2.22. The van der Waals surface area contributed by atoms with Gasteiger partial charge in [-0.2, -0.15) is 0 Å². The van der Waals surface area contributed by atoms with E-state index >= 15 is 0 Å². The number of carbonyl (C=O) groups excluding carboxylic acids is 3. The van der Waals surface area contributed by atoms with Crippen LogP contribution in [-0.2, 0) is 25.5 Å². The van der Waals surface area contributed by atoms with Gasteiger partial charge in [-0.05, 0) is 58.4 Å². The third-order valence-electron chi connectivity index (χ3n) is 5.25. The summed E-state index contributed by atoms with van der Waals surface area (Å²) in [4.78, 5) is 38.7. The quantitative estimate of drug-likeness (QED) is 0.438. The molecule has 1 aromatic carbocycles. The van der Waals surface area contributed by atoms with Gasteiger partial charge >= 0.3 is 5.97 Å². The van der Waals surface area contributed by atoms with Crippen LogP contribution in [0.4, 0.5) is 0 Å². The number of hydrogen-bond donors (Lipinski definition) is 2. The highest BCUT2D eigenvalue weighted by atomic mass is 16.6. The van der Waals surface area contributed by atoms with Crippen LogP contribution in [0.2, 0.25) is 0 Å². The number of ether oxygens (including phenoxy) is 1. The van der Waals surface area contributed by atoms with Gasteiger partial charge in [0.05, 0.1) is 6.04 Å². The van der Waals surface area contributed by atoms with Gasteiger partial charge in [-0.15, -0.1) is 0 Å². The first kappa shape index (κ1) is 24.9. The van der Waals surface area contributed by atoms with Gasteiger partial charge in [0.25, 0.3) is 0 Å². The molecule has 2 rings (SSSR count). The largest absolute Gasteiger partial charge is 0.458 e. The Kier molecular flexibility index (Phi) is 9.49. The lowest BCUT2D eigenvalue weighted by molar-refractivity contribution is -0.163. The summed E-state index contributed by atoms with van der Waals surface area (Å²) in [6.45, 7) is 6.65. The van der Waals surface area contributed by atoms with E-state index in [0.717, 1.165) is 31.2 Å². The SMILES string of the molecule is CC(C)(C)OC(=O)[C@@H]1CCCN1C(=O)CCCCCNC(=O)[C@H](N)Cc1ccccc1. The van der Waals surface area contributed by atoms with E-state index in [-0.39, 0.29) is 17.8 Å². The summed E-state index contributed by atoms with van der Waals surface area (Å²) >= 11 is 0. The van der Waals surface area contributed by atoms with E-state index in [9.17, 15) is 14.4 Å². The molecule has 7 heteroatoms. The fourth-order valence-electron chi connectivity index (χ4n) is 3.71. The Morgan fingerprint density at radius 2 is 1.87 bits per heavy atom. The van der Waals surface area contributed by atoms with Gasteiger partial charge in [0.2, 0.25) is 11.8 Å². The Hall–Kier alpha value is -2.41. The first-order chi connectivity index (χ1) is 14.7. The summed E-state index contributed by atoms with van der Waals surface area (Å²) in [5.74, 6) is -0.465. The van der Waals surface area contributed by atoms with Crippen LogP contribution < -0.4 is 11.1 Å². The lowest BCUT2D eigenvalue weighted by Gasteiger charge is -2.27. The van der Waals surface area contributed by atoms with Gasteiger partial charge in [0, 0.05) is 19.5 Å². The molecule has 7 nitrogen and oxygen atoms in total. The molecule has 0 aromatic heterocycles. The molecule has 1 heterocycles. The van der Waals surface area contributed by atoms with E-state index in [1.807, 2.05) is 51.1 Å². The molecule has 0 bridgehead atoms. The molecule has 0 radical (unpaired) electrons. The zero-order valence-electron chi connectivity index (χ0n) is 19.1. The Labute approximate surface area is 185 Å². The van der Waals surface area contributed by atoms with Crippen LogP contribution in [0.5, 0.6) is 0 Å². The third-order valence-corrected chi connectivity index (χ3v) is 5.25. The minimum atomic E-state index is -0.566. The topological polar surface area (TPSA) is 102 Å². The van der Waals surface area contributed by atoms with E-state index in [0.29, 0.717) is 32.4 Å². The van der Waals surface area contributed by atoms with Crippen molar-refractivity contribution in [1.29, 1.82) is 0 Å². The summed E-state index contributed by atoms with van der Waals surface area (Å²) in [7, 11) is 0. The molecule has 1 aliphatic rings. The Morgan fingerprint density at radius 3 is 2.55 bits per heavy atom. The molecular weight excluding hydrogens is 394 g/mol. The number of esters is 1. The predicted molar refractivity (Wildman–Crippen MR) is 120 cm³/mol. The fraction of sp³-hybridized carbons (Fsp3) is 0.625. The molecule has 0 saturated carbocycles. The second-order valence-electron chi connectivity index (χ2n) is 9.18. The molecular formula is C24H37N3O4. The number of unbranched alkanes of at least 4 members (excludes halogenated alkanes) is 2. The molecule has 31 heavy (non-hydrogen) atoms. The average molecular weight is 432 g/mol. The zero-order chi connectivity index (χ0) is 22.9. The van der Waals surface area contributed by atoms with E-state index in [1.54, 1.807) is 4.90 Å². The first-order valence-electron chi connectivity index (χ1n) is 11.3. The number of carbonyl (C=O) groups is 3. The second kappa shape index (κ2) is 11.8. The highest BCUT2D eigenvalue weighted by Gasteiger charge is 2.36. The van der Waals surface area contributed by atoms with Crippen molar-refractivity contribution in [2.24, 2.45) is 5.73 Å². The van der Waals surface area contributed by atoms with Gasteiger partial charge in [-0.1, -0.05) is 36.8 Å². The minimum Gasteiger partial charge on any atom is -0.458 e. The smallest absolute Gasteiger partial charge is 0.329 e. The van der Waals surface area contributed by atoms with Gasteiger partial charge in [0.15, 0.2) is 0 Å². The van der Waals surface area contributed by atoms with Crippen molar-refractivity contribution in [2.45, 2.75) is 83.4 Å². The third kappa shape index (κ3) is 8.69. The van der Waals surface area contributed by atoms with Crippen LogP contribution in [0.1, 0.15) is 64.9 Å². The highest BCUT2D eigenvalue weighted by molar-refractivity contribution is 5.85. The van der Waals surface area contributed by atoms with Gasteiger partial charge in [-0.3, -0.25) is 9.59 Å². The first-order valence-corrected chi connectivity index (χ1v) is 11.3. The summed E-state index contributed by atoms with van der Waals surface area (Å²) in [6.07, 6.45) is 4.73. The number of nitrogens with one attached hydrogen (secondary N) is 1. The Bertz CT molecular complexity index is 730. The molecule has 3 N–H and O–H groups in total. The number of nitrogens with zero attached hydrogens (tertiary/aromatic N) is 1. The number of rotatable bonds is 10. The Balaban J connectivity index is 1.62. The van der Waals surface area contributed by atoms with Crippen LogP contribution in [0.25, 0.3) is 0 Å². The van der Waals surface area contributed by atoms with Crippen LogP contribution in [0.15, 0.2) is 30.3 Å². The van der Waals surface area contributed by atoms with E-state index in [4.69, 9.17) is 10.5 Å². The number of amides is 2. The van der Waals surface area contributed by atoms with Crippen molar-refractivity contribution in [3.63, 3.8) is 0 Å². The maximum atomic E-state index is 12.6. The van der Waals surface area contributed by atoms with Gasteiger partial charge in [0.1, 0.15) is 11.6 Å². The summed E-state index contributed by atoms with van der Waals surface area (Å²) < 4.78 is 5.46. The number of nitrogens with two attached hydrogens (primary N) is 1. The van der Waals surface area contributed by atoms with Crippen molar-refractivity contribution >= 4 is 17.8 Å². The standard InChI is InChI=1S/C24H37N3O4/c1-24(2,3)31-23(30)20-13-10-16-27(20)21(28)14-8-5-9-15-26-22(29)19(25)17-18-11-6-4-7-12-18/h4,6-7,11-12,19-20H,5,8-10,13-17,25H2,1-3H3,(H,26,29)/t19-,20+/m1/s1. The molecule has 0 spiro atoms. The van der Waals surface area contributed by atoms with Gasteiger partial charge in [-0.25, -0.2) is 4.79 Å². The molecule has 1 aromatic rings. The van der Waals surface area contributed by atoms with Gasteiger partial charge < -0.3 is 20.7 Å². The molecule has 0 aliphatic carbocycles. The average Bonchev–Trinajstić information content (AvgIpc) is 3.20. The van der Waals surface area contributed by atoms with E-state index < -0.39 is 17.7 Å². The zero-order valence-corrected chi connectivity index (χ0v) is 19.1. The monoisotopic (exact) mass is 431 g/mol. The molecule has 1 saturated heterocycles. The number of likely N-dealkylation sites (tertiary alicyclic amines) is 1. The lowest BCUT2D eigenvalue weighted by atomic mass is 10.1. The van der Waals surface area contributed by atoms with E-state index in [1.165, 1.54) is 0 Å². The predicted octanol–water partition coefficient (Wildman–Crippen LogP) is 2.57. The number of hydrogen-bond acceptors (Lipinski definition) is 5. The Morgan fingerprint density at radius 1 is 1.16 bits per heavy atom. The summed E-state index contributed by atoms with van der Waals surface area (Å²) in [6, 6.07) is 8.68. The summed E-state index contributed by atoms with van der Waals surface area (Å²) in [5.41, 5.74) is 6.46. The minimum absolute atomic E-state index is 0.00211. The number of benzene rings is 1. The van der Waals surface area contributed by atoms with Crippen LogP contribution in [0.3, 0.4) is 0 Å². The van der Waals surface area contributed by atoms with Crippen LogP contribution >= 0.6 is 0 Å². The molecule has 1 fully saturated rings. The maximum Gasteiger partial charge on any atom is 0.329 e. The second-order valence-corrected chi connectivity index (χ2v) is 9.18. The van der Waals surface area contributed by atoms with Crippen molar-refractivity contribution < 1.29 is 19.1 Å². The molecule has 2 atom stereocenters. The molecule has 0 unspecified atom stereocenters. The van der Waals surface area contributed by atoms with E-state index in [2.05, 4.69) is 5.32 Å². The van der Waals surface area contributed by atoms with Crippen molar-refractivity contribution in [3.05, 3.63) is 35.9 Å². The normalized spacial score (nSPS) is 17.3. The molecule has 1 aliphatic heterocycles. The molecule has 2 amide bonds. The van der Waals surface area contributed by atoms with Crippen LogP contribution in [-0.4, -0.2) is 53.5 Å². The van der Waals surface area contributed by atoms with Crippen LogP contribution in [0, 0.1) is 0 Å². The van der Waals surface area contributed by atoms with Crippen molar-refractivity contribution in [3.8, 4) is 0 Å². The molecule has 172 valence electrons. The van der Waals surface area contributed by atoms with Crippen molar-refractivity contribution in [1.82, 2.24) is 10.2 Å². The van der Waals surface area contributed by atoms with Crippen molar-refractivity contribution in [2.75, 3.05) is 13.1 Å². The lowest BCUT2D eigenvalue weighted by Crippen LogP contribution is -2.43. The maximum absolute atomic E-state index is 12.6. The summed E-state index contributed by atoms with van der Waals surface area (Å²) in [5, 5.41) is 2.87. The fourth-order valence-corrected chi connectivity index (χ4v) is 3.71.